The van der Waals surface area contributed by atoms with Crippen LogP contribution >= 0.6 is 0 Å². The third-order valence-corrected chi connectivity index (χ3v) is 4.60. The highest BCUT2D eigenvalue weighted by molar-refractivity contribution is 5.93. The van der Waals surface area contributed by atoms with Crippen LogP contribution in [0.15, 0.2) is 36.5 Å². The van der Waals surface area contributed by atoms with Crippen LogP contribution in [-0.4, -0.2) is 33.0 Å². The lowest BCUT2D eigenvalue weighted by atomic mass is 9.92. The van der Waals surface area contributed by atoms with Crippen molar-refractivity contribution in [2.24, 2.45) is 0 Å². The Morgan fingerprint density at radius 2 is 1.93 bits per heavy atom. The highest BCUT2D eigenvalue weighted by Crippen LogP contribution is 2.33. The Kier molecular flexibility index (Phi) is 5.33. The summed E-state index contributed by atoms with van der Waals surface area (Å²) in [6.07, 6.45) is 1.54. The second-order valence-electron chi connectivity index (χ2n) is 8.04. The van der Waals surface area contributed by atoms with Gasteiger partial charge in [0.2, 0.25) is 0 Å². The third-order valence-electron chi connectivity index (χ3n) is 4.60. The van der Waals surface area contributed by atoms with Crippen molar-refractivity contribution in [3.05, 3.63) is 59.0 Å². The molecule has 29 heavy (non-hydrogen) atoms. The standard InChI is InChI=1S/C22H26N4O3/c1-13-10-15(19(21(27)28)23-12-13)24-18-11-17(22(3,4)5)25-26(18)20-14(2)8-7-9-16(20)29-6/h7-12,24H,1-6H3,(H,27,28). The molecule has 0 aliphatic rings. The quantitative estimate of drug-likeness (QED) is 0.656. The molecule has 3 rings (SSSR count). The van der Waals surface area contributed by atoms with Gasteiger partial charge in [-0.05, 0) is 37.1 Å². The first-order valence-corrected chi connectivity index (χ1v) is 9.33. The smallest absolute Gasteiger partial charge is 0.356 e. The Morgan fingerprint density at radius 3 is 2.55 bits per heavy atom. The van der Waals surface area contributed by atoms with Gasteiger partial charge in [0, 0.05) is 17.7 Å². The number of nitrogens with one attached hydrogen (secondary N) is 1. The molecule has 152 valence electrons. The van der Waals surface area contributed by atoms with Gasteiger partial charge in [-0.2, -0.15) is 5.10 Å². The average Bonchev–Trinajstić information content (AvgIpc) is 3.05. The molecule has 0 fully saturated rings. The van der Waals surface area contributed by atoms with Gasteiger partial charge < -0.3 is 15.2 Å². The first-order valence-electron chi connectivity index (χ1n) is 9.33. The number of anilines is 2. The van der Waals surface area contributed by atoms with Crippen LogP contribution < -0.4 is 10.1 Å². The number of carbonyl (C=O) groups is 1. The van der Waals surface area contributed by atoms with Crippen LogP contribution in [0.25, 0.3) is 5.69 Å². The SMILES string of the molecule is COc1cccc(C)c1-n1nc(C(C)(C)C)cc1Nc1cc(C)cnc1C(=O)O. The molecule has 2 heterocycles. The summed E-state index contributed by atoms with van der Waals surface area (Å²) in [5, 5.41) is 17.6. The van der Waals surface area contributed by atoms with Gasteiger partial charge in [-0.3, -0.25) is 0 Å². The number of hydrogen-bond acceptors (Lipinski definition) is 5. The lowest BCUT2D eigenvalue weighted by molar-refractivity contribution is 0.0691. The number of para-hydroxylation sites is 1. The number of aryl methyl sites for hydroxylation is 2. The van der Waals surface area contributed by atoms with Crippen LogP contribution in [0.3, 0.4) is 0 Å². The Balaban J connectivity index is 2.22. The molecule has 7 nitrogen and oxygen atoms in total. The second-order valence-corrected chi connectivity index (χ2v) is 8.04. The zero-order valence-electron chi connectivity index (χ0n) is 17.6. The zero-order valence-corrected chi connectivity index (χ0v) is 17.6. The van der Waals surface area contributed by atoms with Gasteiger partial charge in [-0.1, -0.05) is 32.9 Å². The highest BCUT2D eigenvalue weighted by Gasteiger charge is 2.24. The van der Waals surface area contributed by atoms with Crippen molar-refractivity contribution in [3.8, 4) is 11.4 Å². The van der Waals surface area contributed by atoms with E-state index in [-0.39, 0.29) is 11.1 Å². The molecule has 1 aromatic carbocycles. The molecule has 0 radical (unpaired) electrons. The van der Waals surface area contributed by atoms with Crippen molar-refractivity contribution < 1.29 is 14.6 Å². The summed E-state index contributed by atoms with van der Waals surface area (Å²) in [4.78, 5) is 15.7. The Hall–Kier alpha value is -3.35. The topological polar surface area (TPSA) is 89.3 Å². The van der Waals surface area contributed by atoms with E-state index in [1.807, 2.05) is 38.1 Å². The van der Waals surface area contributed by atoms with Crippen molar-refractivity contribution in [3.63, 3.8) is 0 Å². The Labute approximate surface area is 170 Å². The Morgan fingerprint density at radius 1 is 1.21 bits per heavy atom. The molecule has 0 amide bonds. The largest absolute Gasteiger partial charge is 0.494 e. The molecule has 0 bridgehead atoms. The van der Waals surface area contributed by atoms with Crippen molar-refractivity contribution in [1.29, 1.82) is 0 Å². The predicted octanol–water partition coefficient (Wildman–Crippen LogP) is 4.63. The number of hydrogen-bond donors (Lipinski definition) is 2. The number of pyridine rings is 1. The Bertz CT molecular complexity index is 1060. The minimum atomic E-state index is -1.09. The number of rotatable bonds is 5. The van der Waals surface area contributed by atoms with Crippen molar-refractivity contribution >= 4 is 17.5 Å². The van der Waals surface area contributed by atoms with Crippen molar-refractivity contribution in [2.75, 3.05) is 12.4 Å². The summed E-state index contributed by atoms with van der Waals surface area (Å²) in [6, 6.07) is 9.48. The number of benzene rings is 1. The van der Waals surface area contributed by atoms with E-state index in [0.29, 0.717) is 17.3 Å². The van der Waals surface area contributed by atoms with Gasteiger partial charge in [0.05, 0.1) is 18.5 Å². The summed E-state index contributed by atoms with van der Waals surface area (Å²) in [5.41, 5.74) is 3.67. The van der Waals surface area contributed by atoms with E-state index in [2.05, 4.69) is 31.1 Å². The van der Waals surface area contributed by atoms with E-state index in [0.717, 1.165) is 22.5 Å². The molecular formula is C22H26N4O3. The zero-order chi connectivity index (χ0) is 21.3. The predicted molar refractivity (Wildman–Crippen MR) is 113 cm³/mol. The van der Waals surface area contributed by atoms with Crippen LogP contribution in [0, 0.1) is 13.8 Å². The monoisotopic (exact) mass is 394 g/mol. The van der Waals surface area contributed by atoms with E-state index in [1.54, 1.807) is 17.9 Å². The summed E-state index contributed by atoms with van der Waals surface area (Å²) in [6.45, 7) is 10.1. The minimum absolute atomic E-state index is 0.0441. The van der Waals surface area contributed by atoms with Crippen molar-refractivity contribution in [2.45, 2.75) is 40.0 Å². The van der Waals surface area contributed by atoms with Crippen LogP contribution in [0.4, 0.5) is 11.5 Å². The number of nitrogens with zero attached hydrogens (tertiary/aromatic N) is 3. The van der Waals surface area contributed by atoms with E-state index in [9.17, 15) is 9.90 Å². The minimum Gasteiger partial charge on any atom is -0.494 e. The third kappa shape index (κ3) is 4.08. The maximum Gasteiger partial charge on any atom is 0.356 e. The fourth-order valence-electron chi connectivity index (χ4n) is 3.05. The number of methoxy groups -OCH3 is 1. The van der Waals surface area contributed by atoms with Crippen LogP contribution in [-0.2, 0) is 5.41 Å². The molecule has 2 aromatic heterocycles. The lowest BCUT2D eigenvalue weighted by Crippen LogP contribution is -2.13. The molecule has 0 aliphatic heterocycles. The summed E-state index contributed by atoms with van der Waals surface area (Å²) in [7, 11) is 1.62. The van der Waals surface area contributed by atoms with Gasteiger partial charge >= 0.3 is 5.97 Å². The normalized spacial score (nSPS) is 11.4. The fourth-order valence-corrected chi connectivity index (χ4v) is 3.05. The first kappa shape index (κ1) is 20.4. The van der Waals surface area contributed by atoms with Gasteiger partial charge in [0.1, 0.15) is 17.3 Å². The number of ether oxygens (including phenoxy) is 1. The van der Waals surface area contributed by atoms with E-state index >= 15 is 0 Å². The van der Waals surface area contributed by atoms with E-state index in [1.165, 1.54) is 6.20 Å². The maximum absolute atomic E-state index is 11.7. The fraction of sp³-hybridized carbons (Fsp3) is 0.318. The number of aromatic carboxylic acids is 1. The van der Waals surface area contributed by atoms with E-state index < -0.39 is 5.97 Å². The lowest BCUT2D eigenvalue weighted by Gasteiger charge is -2.16. The van der Waals surface area contributed by atoms with Gasteiger partial charge in [0.25, 0.3) is 0 Å². The molecule has 0 atom stereocenters. The summed E-state index contributed by atoms with van der Waals surface area (Å²) >= 11 is 0. The van der Waals surface area contributed by atoms with Crippen LogP contribution in [0.5, 0.6) is 5.75 Å². The molecule has 0 spiro atoms. The van der Waals surface area contributed by atoms with Gasteiger partial charge in [-0.25, -0.2) is 14.5 Å². The average molecular weight is 394 g/mol. The first-order chi connectivity index (χ1) is 13.6. The van der Waals surface area contributed by atoms with E-state index in [4.69, 9.17) is 9.84 Å². The molecule has 3 aromatic rings. The van der Waals surface area contributed by atoms with Crippen LogP contribution in [0.1, 0.15) is 48.1 Å². The second kappa shape index (κ2) is 7.58. The molecule has 0 saturated carbocycles. The number of carboxylic acids is 1. The molecule has 0 unspecified atom stereocenters. The molecule has 0 aliphatic carbocycles. The number of aromatic nitrogens is 3. The van der Waals surface area contributed by atoms with Crippen LogP contribution in [0.2, 0.25) is 0 Å². The number of carboxylic acid groups (broad SMARTS) is 1. The summed E-state index contributed by atoms with van der Waals surface area (Å²) in [5.74, 6) is 0.220. The molecule has 2 N–H and O–H groups in total. The van der Waals surface area contributed by atoms with Crippen molar-refractivity contribution in [1.82, 2.24) is 14.8 Å². The maximum atomic E-state index is 11.7. The highest BCUT2D eigenvalue weighted by atomic mass is 16.5. The molecule has 0 saturated heterocycles. The van der Waals surface area contributed by atoms with Gasteiger partial charge in [-0.15, -0.1) is 0 Å². The molecule has 7 heteroatoms. The van der Waals surface area contributed by atoms with Gasteiger partial charge in [0.15, 0.2) is 5.69 Å². The molecular weight excluding hydrogens is 368 g/mol. The summed E-state index contributed by atoms with van der Waals surface area (Å²) < 4.78 is 7.33.